The fraction of sp³-hybridized carbons (Fsp3) is 0.667. The number of rotatable bonds is 6. The van der Waals surface area contributed by atoms with Crippen LogP contribution in [0.3, 0.4) is 0 Å². The molecular weight excluding hydrogens is 310 g/mol. The summed E-state index contributed by atoms with van der Waals surface area (Å²) >= 11 is 0. The van der Waals surface area contributed by atoms with E-state index in [4.69, 9.17) is 4.74 Å². The molecule has 1 atom stereocenters. The average Bonchev–Trinajstić information content (AvgIpc) is 2.54. The van der Waals surface area contributed by atoms with Crippen molar-refractivity contribution in [1.29, 1.82) is 0 Å². The Morgan fingerprint density at radius 1 is 1.30 bits per heavy atom. The molecule has 0 bridgehead atoms. The summed E-state index contributed by atoms with van der Waals surface area (Å²) in [6.07, 6.45) is 3.62. The van der Waals surface area contributed by atoms with Gasteiger partial charge in [0.2, 0.25) is 10.0 Å². The molecule has 1 aliphatic rings. The van der Waals surface area contributed by atoms with Crippen LogP contribution in [0.1, 0.15) is 44.7 Å². The molecule has 1 aromatic carbocycles. The van der Waals surface area contributed by atoms with E-state index in [2.05, 4.69) is 20.8 Å². The normalized spacial score (nSPS) is 20.1. The lowest BCUT2D eigenvalue weighted by atomic mass is 9.97. The van der Waals surface area contributed by atoms with Gasteiger partial charge in [-0.05, 0) is 54.9 Å². The van der Waals surface area contributed by atoms with Crippen LogP contribution in [0.2, 0.25) is 0 Å². The summed E-state index contributed by atoms with van der Waals surface area (Å²) in [5.74, 6) is 0.506. The highest BCUT2D eigenvalue weighted by Gasteiger charge is 2.30. The van der Waals surface area contributed by atoms with E-state index in [-0.39, 0.29) is 6.10 Å². The summed E-state index contributed by atoms with van der Waals surface area (Å²) in [6.45, 7) is 7.47. The van der Waals surface area contributed by atoms with Gasteiger partial charge in [0.15, 0.2) is 0 Å². The highest BCUT2D eigenvalue weighted by atomic mass is 32.2. The highest BCUT2D eigenvalue weighted by Crippen LogP contribution is 2.25. The second-order valence-electron chi connectivity index (χ2n) is 6.75. The van der Waals surface area contributed by atoms with E-state index < -0.39 is 10.0 Å². The number of hydrogen-bond acceptors (Lipinski definition) is 3. The molecule has 1 unspecified atom stereocenters. The zero-order valence-corrected chi connectivity index (χ0v) is 15.5. The number of hydrogen-bond donors (Lipinski definition) is 0. The molecule has 0 radical (unpaired) electrons. The van der Waals surface area contributed by atoms with Gasteiger partial charge < -0.3 is 4.74 Å². The van der Waals surface area contributed by atoms with Crippen LogP contribution in [0.4, 0.5) is 0 Å². The number of sulfonamides is 1. The Kier molecular flexibility index (Phi) is 6.23. The summed E-state index contributed by atoms with van der Waals surface area (Å²) in [5.41, 5.74) is 2.40. The van der Waals surface area contributed by atoms with Gasteiger partial charge in [-0.15, -0.1) is 0 Å². The second-order valence-corrected chi connectivity index (χ2v) is 8.68. The smallest absolute Gasteiger partial charge is 0.243 e. The van der Waals surface area contributed by atoms with Gasteiger partial charge in [0.25, 0.3) is 0 Å². The van der Waals surface area contributed by atoms with Gasteiger partial charge in [-0.1, -0.05) is 26.8 Å². The molecule has 0 saturated carbocycles. The molecular formula is C18H29NO3S. The first kappa shape index (κ1) is 18.4. The molecule has 1 saturated heterocycles. The number of methoxy groups -OCH3 is 1. The maximum atomic E-state index is 13.0. The molecule has 2 rings (SSSR count). The van der Waals surface area contributed by atoms with E-state index >= 15 is 0 Å². The van der Waals surface area contributed by atoms with Crippen molar-refractivity contribution in [3.05, 3.63) is 29.3 Å². The van der Waals surface area contributed by atoms with Crippen LogP contribution in [0.5, 0.6) is 0 Å². The average molecular weight is 340 g/mol. The number of aryl methyl sites for hydroxylation is 1. The van der Waals surface area contributed by atoms with Crippen LogP contribution in [0.25, 0.3) is 0 Å². The third-order valence-corrected chi connectivity index (χ3v) is 6.36. The van der Waals surface area contributed by atoms with Crippen LogP contribution in [-0.2, 0) is 27.6 Å². The van der Waals surface area contributed by atoms with Gasteiger partial charge in [-0.2, -0.15) is 4.31 Å². The summed E-state index contributed by atoms with van der Waals surface area (Å²) < 4.78 is 32.8. The minimum atomic E-state index is -3.43. The zero-order valence-electron chi connectivity index (χ0n) is 14.7. The molecule has 4 nitrogen and oxygen atoms in total. The summed E-state index contributed by atoms with van der Waals surface area (Å²) in [4.78, 5) is 0.419. The molecule has 1 aliphatic heterocycles. The largest absolute Gasteiger partial charge is 0.380 e. The van der Waals surface area contributed by atoms with Gasteiger partial charge in [0, 0.05) is 20.2 Å². The maximum Gasteiger partial charge on any atom is 0.243 e. The van der Waals surface area contributed by atoms with Crippen molar-refractivity contribution in [2.75, 3.05) is 20.2 Å². The summed E-state index contributed by atoms with van der Waals surface area (Å²) in [6, 6.07) is 5.61. The van der Waals surface area contributed by atoms with E-state index in [1.807, 2.05) is 12.1 Å². The molecule has 0 aliphatic carbocycles. The van der Waals surface area contributed by atoms with Crippen LogP contribution in [0.15, 0.2) is 23.1 Å². The monoisotopic (exact) mass is 339 g/mol. The summed E-state index contributed by atoms with van der Waals surface area (Å²) in [7, 11) is -1.78. The highest BCUT2D eigenvalue weighted by molar-refractivity contribution is 7.89. The molecule has 5 heteroatoms. The predicted octanol–water partition coefficient (Wildman–Crippen LogP) is 3.25. The summed E-state index contributed by atoms with van der Waals surface area (Å²) in [5, 5.41) is 0. The molecule has 23 heavy (non-hydrogen) atoms. The van der Waals surface area contributed by atoms with Crippen molar-refractivity contribution < 1.29 is 13.2 Å². The van der Waals surface area contributed by atoms with E-state index in [0.717, 1.165) is 31.2 Å². The Morgan fingerprint density at radius 3 is 2.65 bits per heavy atom. The van der Waals surface area contributed by atoms with Crippen LogP contribution in [-0.4, -0.2) is 39.0 Å². The lowest BCUT2D eigenvalue weighted by Gasteiger charge is -2.31. The van der Waals surface area contributed by atoms with Gasteiger partial charge in [0.05, 0.1) is 11.0 Å². The number of ether oxygens (including phenoxy) is 1. The SMILES string of the molecule is CCc1ccc(S(=O)(=O)N2CCCC(OC)C2)cc1CC(C)C. The second kappa shape index (κ2) is 7.77. The van der Waals surface area contributed by atoms with Crippen molar-refractivity contribution in [3.63, 3.8) is 0 Å². The van der Waals surface area contributed by atoms with Crippen molar-refractivity contribution in [3.8, 4) is 0 Å². The first-order valence-corrected chi connectivity index (χ1v) is 9.97. The zero-order chi connectivity index (χ0) is 17.0. The van der Waals surface area contributed by atoms with Crippen molar-refractivity contribution in [2.24, 2.45) is 5.92 Å². The van der Waals surface area contributed by atoms with Gasteiger partial charge in [-0.25, -0.2) is 8.42 Å². The van der Waals surface area contributed by atoms with Gasteiger partial charge >= 0.3 is 0 Å². The molecule has 0 amide bonds. The Labute approximate surface area is 140 Å². The molecule has 1 fully saturated rings. The number of nitrogens with zero attached hydrogens (tertiary/aromatic N) is 1. The quantitative estimate of drug-likeness (QED) is 0.799. The molecule has 0 N–H and O–H groups in total. The number of piperidine rings is 1. The Bertz CT molecular complexity index is 625. The number of benzene rings is 1. The minimum absolute atomic E-state index is 0.00331. The van der Waals surface area contributed by atoms with Crippen molar-refractivity contribution in [2.45, 2.75) is 57.5 Å². The molecule has 130 valence electrons. The van der Waals surface area contributed by atoms with Gasteiger partial charge in [0.1, 0.15) is 0 Å². The fourth-order valence-corrected chi connectivity index (χ4v) is 4.76. The molecule has 1 aromatic rings. The Morgan fingerprint density at radius 2 is 2.04 bits per heavy atom. The standard InChI is InChI=1S/C18H29NO3S/c1-5-15-8-9-18(12-16(15)11-14(2)3)23(20,21)19-10-6-7-17(13-19)22-4/h8-9,12,14,17H,5-7,10-11,13H2,1-4H3. The van der Waals surface area contributed by atoms with E-state index in [1.165, 1.54) is 5.56 Å². The third-order valence-electron chi connectivity index (χ3n) is 4.50. The van der Waals surface area contributed by atoms with Crippen molar-refractivity contribution in [1.82, 2.24) is 4.31 Å². The molecule has 0 spiro atoms. The van der Waals surface area contributed by atoms with Crippen LogP contribution >= 0.6 is 0 Å². The van der Waals surface area contributed by atoms with Crippen LogP contribution < -0.4 is 0 Å². The Hall–Kier alpha value is -0.910. The topological polar surface area (TPSA) is 46.6 Å². The molecule has 0 aromatic heterocycles. The lowest BCUT2D eigenvalue weighted by Crippen LogP contribution is -2.42. The lowest BCUT2D eigenvalue weighted by molar-refractivity contribution is 0.0572. The Balaban J connectivity index is 2.32. The first-order valence-electron chi connectivity index (χ1n) is 8.53. The maximum absolute atomic E-state index is 13.0. The third kappa shape index (κ3) is 4.34. The van der Waals surface area contributed by atoms with E-state index in [9.17, 15) is 8.42 Å². The fourth-order valence-electron chi connectivity index (χ4n) is 3.20. The van der Waals surface area contributed by atoms with Gasteiger partial charge in [-0.3, -0.25) is 0 Å². The van der Waals surface area contributed by atoms with Crippen LogP contribution in [0, 0.1) is 5.92 Å². The first-order chi connectivity index (χ1) is 10.9. The van der Waals surface area contributed by atoms with Crippen molar-refractivity contribution >= 4 is 10.0 Å². The van der Waals surface area contributed by atoms with E-state index in [0.29, 0.717) is 23.9 Å². The minimum Gasteiger partial charge on any atom is -0.380 e. The van der Waals surface area contributed by atoms with E-state index in [1.54, 1.807) is 17.5 Å². The molecule has 1 heterocycles. The predicted molar refractivity (Wildman–Crippen MR) is 93.2 cm³/mol.